The number of hydrogen-bond acceptors (Lipinski definition) is 19. The Bertz CT molecular complexity index is 2020. The highest BCUT2D eigenvalue weighted by Gasteiger charge is 2.45. The highest BCUT2D eigenvalue weighted by molar-refractivity contribution is 7.61. The van der Waals surface area contributed by atoms with E-state index in [1.165, 1.54) is 56.7 Å². The van der Waals surface area contributed by atoms with Crippen molar-refractivity contribution in [3.63, 3.8) is 0 Å². The number of cyclic esters (lactones) is 1. The lowest BCUT2D eigenvalue weighted by Gasteiger charge is -2.40. The molecule has 74 heavy (non-hydrogen) atoms. The molecule has 2 fully saturated rings. The lowest BCUT2D eigenvalue weighted by atomic mass is 9.82. The molecule has 2 aliphatic rings. The quantitative estimate of drug-likeness (QED) is 0.0249. The summed E-state index contributed by atoms with van der Waals surface area (Å²) in [4.78, 5) is 77.9. The molecule has 9 N–H and O–H groups in total. The van der Waals surface area contributed by atoms with Crippen molar-refractivity contribution >= 4 is 39.2 Å². The predicted octanol–water partition coefficient (Wildman–Crippen LogP) is 6.56. The minimum atomic E-state index is -5.76. The first-order valence-electron chi connectivity index (χ1n) is 26.5. The molecule has 12 atom stereocenters. The topological polar surface area (TPSA) is 343 Å². The molecule has 24 heteroatoms. The molecule has 0 amide bonds. The third-order valence-electron chi connectivity index (χ3n) is 13.0. The molecule has 0 aromatic carbocycles. The maximum absolute atomic E-state index is 13.7. The van der Waals surface area contributed by atoms with Gasteiger partial charge in [-0.15, -0.1) is 0 Å². The molecule has 2 unspecified atom stereocenters. The second kappa shape index (κ2) is 35.3. The van der Waals surface area contributed by atoms with Gasteiger partial charge in [-0.05, 0) is 57.4 Å². The van der Waals surface area contributed by atoms with Crippen LogP contribution in [-0.2, 0) is 51.1 Å². The van der Waals surface area contributed by atoms with Gasteiger partial charge in [-0.1, -0.05) is 109 Å². The van der Waals surface area contributed by atoms with E-state index in [1.807, 2.05) is 6.92 Å². The van der Waals surface area contributed by atoms with Crippen molar-refractivity contribution in [3.8, 4) is 0 Å². The van der Waals surface area contributed by atoms with Crippen LogP contribution in [0.2, 0.25) is 0 Å². The normalized spacial score (nSPS) is 30.2. The van der Waals surface area contributed by atoms with E-state index < -0.39 is 133 Å². The van der Waals surface area contributed by atoms with Crippen LogP contribution in [0.25, 0.3) is 0 Å². The summed E-state index contributed by atoms with van der Waals surface area (Å²) in [6, 6.07) is 1.18. The minimum Gasteiger partial charge on any atom is -0.462 e. The Kier molecular flexibility index (Phi) is 31.0. The van der Waals surface area contributed by atoms with Crippen LogP contribution in [0.3, 0.4) is 0 Å². The van der Waals surface area contributed by atoms with Crippen LogP contribution in [0.4, 0.5) is 5.82 Å². The number of nitrogens with zero attached hydrogens (tertiary/aromatic N) is 2. The van der Waals surface area contributed by atoms with Crippen LogP contribution in [0, 0.1) is 11.8 Å². The number of anilines is 1. The number of hydrogen-bond donors (Lipinski definition) is 8. The molecule has 3 rings (SSSR count). The standard InChI is InChI=1S/C50H85N3O19P2/c1-3-5-7-8-9-10-11-12-13-14-15-16-17-18-20-26-46(59)70-38-33-67-45(58)25-22-21-24-37(55)31-40-42(57)32-41(56)39(28-27-36(54)23-19-6-4-2)47(60)48(61)43(35-69-74(65,66)72-73(63,64)68-34-38)71-49(40)53-30-29-44(51)52-50(53)62/h12-13,27-30,36,38-43,47-49,54,56-57,60-61H,3-11,14-26,31-35H2,1-2H3,(H,63,64)(H,65,66)(H2,51,52,62)/b13-12-,28-27+/t36-,38+,39-,40-,41+,42-,43+,47-,48+,49+/m0/s1. The van der Waals surface area contributed by atoms with Gasteiger partial charge >= 0.3 is 33.3 Å². The van der Waals surface area contributed by atoms with E-state index in [-0.39, 0.29) is 37.9 Å². The van der Waals surface area contributed by atoms with Crippen molar-refractivity contribution in [1.82, 2.24) is 9.55 Å². The zero-order valence-corrected chi connectivity index (χ0v) is 45.0. The van der Waals surface area contributed by atoms with Crippen LogP contribution in [-0.4, -0.2) is 125 Å². The van der Waals surface area contributed by atoms with Gasteiger partial charge in [0.05, 0.1) is 37.6 Å². The summed E-state index contributed by atoms with van der Waals surface area (Å²) in [6.07, 6.45) is 9.01. The molecular weight excluding hydrogens is 1010 g/mol. The molecule has 1 aromatic heterocycles. The van der Waals surface area contributed by atoms with Gasteiger partial charge in [0.15, 0.2) is 6.10 Å². The Morgan fingerprint density at radius 1 is 0.824 bits per heavy atom. The summed E-state index contributed by atoms with van der Waals surface area (Å²) >= 11 is 0. The summed E-state index contributed by atoms with van der Waals surface area (Å²) in [5.41, 5.74) is 4.67. The zero-order valence-electron chi connectivity index (χ0n) is 43.2. The van der Waals surface area contributed by atoms with Gasteiger partial charge in [0, 0.05) is 50.1 Å². The third kappa shape index (κ3) is 25.8. The van der Waals surface area contributed by atoms with Crippen LogP contribution in [0.5, 0.6) is 0 Å². The number of aliphatic hydroxyl groups is 5. The zero-order chi connectivity index (χ0) is 54.5. The molecule has 2 saturated heterocycles. The number of fused-ring (bicyclic) bond motifs is 3. The smallest absolute Gasteiger partial charge is 0.462 e. The van der Waals surface area contributed by atoms with Crippen molar-refractivity contribution in [1.29, 1.82) is 0 Å². The van der Waals surface area contributed by atoms with Crippen molar-refractivity contribution < 1.29 is 86.4 Å². The average Bonchev–Trinajstić information content (AvgIpc) is 3.33. The van der Waals surface area contributed by atoms with Crippen molar-refractivity contribution in [2.45, 2.75) is 217 Å². The number of phosphoric ester groups is 2. The number of aromatic nitrogens is 2. The first-order chi connectivity index (χ1) is 35.3. The van der Waals surface area contributed by atoms with E-state index in [1.54, 1.807) is 0 Å². The Morgan fingerprint density at radius 3 is 2.09 bits per heavy atom. The van der Waals surface area contributed by atoms with Gasteiger partial charge in [-0.25, -0.2) is 13.9 Å². The van der Waals surface area contributed by atoms with Gasteiger partial charge in [0.1, 0.15) is 36.6 Å². The Balaban J connectivity index is 1.82. The molecule has 0 spiro atoms. The van der Waals surface area contributed by atoms with Gasteiger partial charge in [0.25, 0.3) is 0 Å². The van der Waals surface area contributed by atoms with E-state index in [0.717, 1.165) is 62.1 Å². The second-order valence-corrected chi connectivity index (χ2v) is 22.4. The molecule has 0 radical (unpaired) electrons. The number of rotatable bonds is 23. The molecule has 1 aromatic rings. The maximum atomic E-state index is 13.7. The van der Waals surface area contributed by atoms with E-state index in [2.05, 4.69) is 28.4 Å². The lowest BCUT2D eigenvalue weighted by Crippen LogP contribution is -2.52. The van der Waals surface area contributed by atoms with Crippen molar-refractivity contribution in [2.75, 3.05) is 25.6 Å². The van der Waals surface area contributed by atoms with E-state index in [0.29, 0.717) is 19.3 Å². The highest BCUT2D eigenvalue weighted by Crippen LogP contribution is 2.60. The fourth-order valence-corrected chi connectivity index (χ4v) is 10.8. The molecular formula is C50H85N3O19P2. The van der Waals surface area contributed by atoms with Crippen LogP contribution in [0.15, 0.2) is 41.4 Å². The molecule has 3 heterocycles. The SMILES string of the molecule is CCCCCCCC/C=C\CCCCCCCC(=O)O[C@@H]1COC(=O)CCCCC(=O)C[C@@H]2[C@H](n3ccc(N)nc3=O)O[C@H](COP(=O)(O)OP(=O)(O)OC1)[C@@H](O)[C@@H](O)[C@@H](/C=C/[C@@H](O)CCCCC)[C@H](O)C[C@@H]2O. The molecule has 424 valence electrons. The van der Waals surface area contributed by atoms with E-state index in [9.17, 15) is 63.6 Å². The summed E-state index contributed by atoms with van der Waals surface area (Å²) in [6.45, 7) is 1.29. The number of phosphoric acid groups is 2. The summed E-state index contributed by atoms with van der Waals surface area (Å²) in [7, 11) is -11.4. The number of aliphatic hydroxyl groups excluding tert-OH is 5. The number of unbranched alkanes of at least 4 members (excludes halogenated alkanes) is 13. The number of esters is 2. The second-order valence-electron chi connectivity index (χ2n) is 19.3. The first-order valence-corrected chi connectivity index (χ1v) is 29.5. The lowest BCUT2D eigenvalue weighted by molar-refractivity contribution is -0.196. The molecule has 22 nitrogen and oxygen atoms in total. The van der Waals surface area contributed by atoms with E-state index in [4.69, 9.17) is 29.0 Å². The number of ether oxygens (including phenoxy) is 3. The number of carbonyl (C=O) groups excluding carboxylic acids is 3. The van der Waals surface area contributed by atoms with Gasteiger partial charge in [0.2, 0.25) is 0 Å². The van der Waals surface area contributed by atoms with Crippen LogP contribution >= 0.6 is 15.6 Å². The predicted molar refractivity (Wildman–Crippen MR) is 273 cm³/mol. The van der Waals surface area contributed by atoms with Gasteiger partial charge < -0.3 is 55.3 Å². The monoisotopic (exact) mass is 1090 g/mol. The van der Waals surface area contributed by atoms with Crippen LogP contribution in [0.1, 0.15) is 174 Å². The number of allylic oxidation sites excluding steroid dienone is 2. The van der Waals surface area contributed by atoms with Gasteiger partial charge in [-0.3, -0.25) is 28.0 Å². The van der Waals surface area contributed by atoms with Gasteiger partial charge in [-0.2, -0.15) is 9.29 Å². The Morgan fingerprint density at radius 2 is 1.43 bits per heavy atom. The number of nitrogen functional groups attached to an aromatic ring is 1. The Hall–Kier alpha value is -3.21. The summed E-state index contributed by atoms with van der Waals surface area (Å²) < 4.78 is 58.8. The number of Topliss-reactive ketones (excluding diaryl/α,β-unsaturated/α-hetero) is 1. The molecule has 0 saturated carbocycles. The molecule has 0 aliphatic carbocycles. The van der Waals surface area contributed by atoms with E-state index >= 15 is 0 Å². The third-order valence-corrected chi connectivity index (χ3v) is 15.6. The molecule has 2 bridgehead atoms. The maximum Gasteiger partial charge on any atom is 0.481 e. The fourth-order valence-electron chi connectivity index (χ4n) is 8.71. The minimum absolute atomic E-state index is 0.0351. The highest BCUT2D eigenvalue weighted by atomic mass is 31.3. The number of nitrogens with two attached hydrogens (primary N) is 1. The first kappa shape index (κ1) is 65.1. The number of carbonyl (C=O) groups is 3. The number of ketones is 1. The summed E-state index contributed by atoms with van der Waals surface area (Å²) in [5, 5.41) is 57.5. The van der Waals surface area contributed by atoms with Crippen molar-refractivity contribution in [3.05, 3.63) is 47.1 Å². The van der Waals surface area contributed by atoms with Crippen molar-refractivity contribution in [2.24, 2.45) is 11.8 Å². The van der Waals surface area contributed by atoms with Crippen LogP contribution < -0.4 is 11.4 Å². The Labute approximate surface area is 435 Å². The fraction of sp³-hybridized carbons (Fsp3) is 0.780. The average molecular weight is 1090 g/mol. The summed E-state index contributed by atoms with van der Waals surface area (Å²) in [5.74, 6) is -5.19. The molecule has 2 aliphatic heterocycles. The largest absolute Gasteiger partial charge is 0.481 e.